The first kappa shape index (κ1) is 13.3. The number of fused-ring (bicyclic) bond motifs is 1. The van der Waals surface area contributed by atoms with E-state index in [1.165, 1.54) is 6.20 Å². The van der Waals surface area contributed by atoms with E-state index in [0.29, 0.717) is 11.2 Å². The van der Waals surface area contributed by atoms with Crippen LogP contribution in [0.2, 0.25) is 0 Å². The molecule has 0 amide bonds. The van der Waals surface area contributed by atoms with Crippen molar-refractivity contribution in [1.82, 2.24) is 14.6 Å². The fourth-order valence-electron chi connectivity index (χ4n) is 2.21. The Morgan fingerprint density at radius 1 is 1.29 bits per heavy atom. The highest BCUT2D eigenvalue weighted by Crippen LogP contribution is 2.24. The van der Waals surface area contributed by atoms with Gasteiger partial charge in [0.25, 0.3) is 0 Å². The maximum absolute atomic E-state index is 8.98. The van der Waals surface area contributed by atoms with Crippen molar-refractivity contribution in [2.75, 3.05) is 7.11 Å². The predicted molar refractivity (Wildman–Crippen MR) is 78.6 cm³/mol. The Kier molecular flexibility index (Phi) is 3.38. The number of aromatic nitrogens is 3. The molecule has 5 nitrogen and oxygen atoms in total. The topological polar surface area (TPSA) is 63.2 Å². The van der Waals surface area contributed by atoms with E-state index >= 15 is 0 Å². The average molecular weight is 278 g/mol. The molecule has 1 unspecified atom stereocenters. The second-order valence-corrected chi connectivity index (χ2v) is 4.78. The van der Waals surface area contributed by atoms with E-state index < -0.39 is 0 Å². The molecule has 5 heteroatoms. The van der Waals surface area contributed by atoms with Gasteiger partial charge in [-0.2, -0.15) is 10.4 Å². The van der Waals surface area contributed by atoms with E-state index in [9.17, 15) is 0 Å². The van der Waals surface area contributed by atoms with Crippen molar-refractivity contribution in [2.24, 2.45) is 0 Å². The van der Waals surface area contributed by atoms with Gasteiger partial charge >= 0.3 is 0 Å². The Morgan fingerprint density at radius 3 is 2.90 bits per heavy atom. The molecular weight excluding hydrogens is 264 g/mol. The van der Waals surface area contributed by atoms with E-state index in [1.807, 2.05) is 31.3 Å². The van der Waals surface area contributed by atoms with Gasteiger partial charge < -0.3 is 4.74 Å². The molecular formula is C16H14N4O. The van der Waals surface area contributed by atoms with E-state index in [0.717, 1.165) is 16.7 Å². The molecule has 1 aromatic carbocycles. The number of hydrogen-bond donors (Lipinski definition) is 0. The molecule has 0 aliphatic carbocycles. The zero-order chi connectivity index (χ0) is 14.8. The first-order valence-electron chi connectivity index (χ1n) is 6.59. The van der Waals surface area contributed by atoms with Gasteiger partial charge in [-0.25, -0.2) is 9.50 Å². The Balaban J connectivity index is 2.06. The number of ether oxygens (including phenoxy) is 1. The molecule has 3 aromatic rings. The fraction of sp³-hybridized carbons (Fsp3) is 0.188. The summed E-state index contributed by atoms with van der Waals surface area (Å²) in [4.78, 5) is 4.33. The highest BCUT2D eigenvalue weighted by molar-refractivity contribution is 5.65. The molecule has 0 bridgehead atoms. The molecule has 0 saturated carbocycles. The fourth-order valence-corrected chi connectivity index (χ4v) is 2.21. The van der Waals surface area contributed by atoms with Gasteiger partial charge in [0.2, 0.25) is 0 Å². The molecule has 0 fully saturated rings. The Labute approximate surface area is 122 Å². The van der Waals surface area contributed by atoms with Crippen molar-refractivity contribution in [2.45, 2.75) is 13.0 Å². The van der Waals surface area contributed by atoms with Gasteiger partial charge in [0.05, 0.1) is 12.3 Å². The molecule has 0 spiro atoms. The van der Waals surface area contributed by atoms with Crippen LogP contribution in [-0.4, -0.2) is 21.7 Å². The van der Waals surface area contributed by atoms with Crippen LogP contribution in [0.5, 0.6) is 0 Å². The second-order valence-electron chi connectivity index (χ2n) is 4.78. The van der Waals surface area contributed by atoms with Crippen molar-refractivity contribution < 1.29 is 4.74 Å². The summed E-state index contributed by atoms with van der Waals surface area (Å²) in [6, 6.07) is 10.2. The molecule has 1 atom stereocenters. The second kappa shape index (κ2) is 5.35. The van der Waals surface area contributed by atoms with Crippen molar-refractivity contribution in [3.8, 4) is 17.2 Å². The monoisotopic (exact) mass is 278 g/mol. The number of hydrogen-bond acceptors (Lipinski definition) is 4. The molecule has 104 valence electrons. The third-order valence-corrected chi connectivity index (χ3v) is 3.52. The quantitative estimate of drug-likeness (QED) is 0.739. The van der Waals surface area contributed by atoms with Gasteiger partial charge in [-0.3, -0.25) is 0 Å². The minimum atomic E-state index is 0.0385. The Morgan fingerprint density at radius 2 is 2.14 bits per heavy atom. The molecule has 2 aromatic heterocycles. The lowest BCUT2D eigenvalue weighted by atomic mass is 10.0. The average Bonchev–Trinajstić information content (AvgIpc) is 2.96. The number of rotatable bonds is 3. The van der Waals surface area contributed by atoms with Crippen LogP contribution in [0.3, 0.4) is 0 Å². The molecule has 2 heterocycles. The zero-order valence-electron chi connectivity index (χ0n) is 11.8. The molecule has 3 rings (SSSR count). The first-order chi connectivity index (χ1) is 10.2. The van der Waals surface area contributed by atoms with E-state index in [4.69, 9.17) is 10.00 Å². The van der Waals surface area contributed by atoms with E-state index in [-0.39, 0.29) is 6.10 Å². The predicted octanol–water partition coefficient (Wildman–Crippen LogP) is 2.98. The van der Waals surface area contributed by atoms with E-state index in [1.54, 1.807) is 17.8 Å². The normalized spacial score (nSPS) is 12.2. The Hall–Kier alpha value is -2.71. The van der Waals surface area contributed by atoms with Crippen molar-refractivity contribution in [1.29, 1.82) is 5.26 Å². The smallest absolute Gasteiger partial charge is 0.172 e. The van der Waals surface area contributed by atoms with Crippen LogP contribution in [0, 0.1) is 11.3 Å². The summed E-state index contributed by atoms with van der Waals surface area (Å²) < 4.78 is 6.97. The molecule has 0 aliphatic heterocycles. The van der Waals surface area contributed by atoms with Crippen LogP contribution in [-0.2, 0) is 4.74 Å². The number of benzene rings is 1. The summed E-state index contributed by atoms with van der Waals surface area (Å²) >= 11 is 0. The lowest BCUT2D eigenvalue weighted by Crippen LogP contribution is -1.96. The number of methoxy groups -OCH3 is 1. The highest BCUT2D eigenvalue weighted by Gasteiger charge is 2.08. The lowest BCUT2D eigenvalue weighted by Gasteiger charge is -2.11. The summed E-state index contributed by atoms with van der Waals surface area (Å²) in [5, 5.41) is 13.1. The van der Waals surface area contributed by atoms with Gasteiger partial charge in [0.15, 0.2) is 5.65 Å². The van der Waals surface area contributed by atoms with Crippen LogP contribution < -0.4 is 0 Å². The first-order valence-corrected chi connectivity index (χ1v) is 6.59. The molecule has 0 radical (unpaired) electrons. The van der Waals surface area contributed by atoms with Crippen molar-refractivity contribution in [3.05, 3.63) is 54.0 Å². The minimum absolute atomic E-state index is 0.0385. The molecule has 0 N–H and O–H groups in total. The molecule has 0 aliphatic rings. The van der Waals surface area contributed by atoms with Gasteiger partial charge in [-0.05, 0) is 24.1 Å². The van der Waals surface area contributed by atoms with Gasteiger partial charge in [-0.15, -0.1) is 0 Å². The standard InChI is InChI=1S/C16H14N4O/c1-11(21-2)12-4-3-5-13(6-12)15-8-18-16-14(7-17)9-19-20(16)10-15/h3-6,8-11H,1-2H3. The van der Waals surface area contributed by atoms with Crippen LogP contribution in [0.25, 0.3) is 16.8 Å². The molecule has 21 heavy (non-hydrogen) atoms. The number of nitriles is 1. The summed E-state index contributed by atoms with van der Waals surface area (Å²) in [5.41, 5.74) is 4.14. The Bertz CT molecular complexity index is 832. The summed E-state index contributed by atoms with van der Waals surface area (Å²) in [6.07, 6.45) is 5.19. The van der Waals surface area contributed by atoms with E-state index in [2.05, 4.69) is 22.2 Å². The van der Waals surface area contributed by atoms with Gasteiger partial charge in [0.1, 0.15) is 11.6 Å². The lowest BCUT2D eigenvalue weighted by molar-refractivity contribution is 0.119. The summed E-state index contributed by atoms with van der Waals surface area (Å²) in [5.74, 6) is 0. The molecule has 0 saturated heterocycles. The largest absolute Gasteiger partial charge is 0.377 e. The van der Waals surface area contributed by atoms with Gasteiger partial charge in [-0.1, -0.05) is 18.2 Å². The SMILES string of the molecule is COC(C)c1cccc(-c2cnc3c(C#N)cnn3c2)c1. The number of nitrogens with zero attached hydrogens (tertiary/aromatic N) is 4. The van der Waals surface area contributed by atoms with Crippen LogP contribution in [0.4, 0.5) is 0 Å². The third-order valence-electron chi connectivity index (χ3n) is 3.52. The van der Waals surface area contributed by atoms with Crippen molar-refractivity contribution in [3.63, 3.8) is 0 Å². The summed E-state index contributed by atoms with van der Waals surface area (Å²) in [6.45, 7) is 2.01. The zero-order valence-corrected chi connectivity index (χ0v) is 11.8. The van der Waals surface area contributed by atoms with Crippen molar-refractivity contribution >= 4 is 5.65 Å². The minimum Gasteiger partial charge on any atom is -0.377 e. The maximum atomic E-state index is 8.98. The van der Waals surface area contributed by atoms with Crippen LogP contribution in [0.1, 0.15) is 24.2 Å². The maximum Gasteiger partial charge on any atom is 0.172 e. The van der Waals surface area contributed by atoms with Crippen LogP contribution in [0.15, 0.2) is 42.9 Å². The third kappa shape index (κ3) is 2.37. The highest BCUT2D eigenvalue weighted by atomic mass is 16.5. The summed E-state index contributed by atoms with van der Waals surface area (Å²) in [7, 11) is 1.69. The van der Waals surface area contributed by atoms with Gasteiger partial charge in [0, 0.05) is 25.1 Å². The van der Waals surface area contributed by atoms with Crippen LogP contribution >= 0.6 is 0 Å².